The molecular formula is C9H16Si. The SMILES string of the molecule is C=CCCC#C[Si](C)(C)C. The number of rotatable bonds is 2. The van der Waals surface area contributed by atoms with Crippen LogP contribution in [0.25, 0.3) is 0 Å². The van der Waals surface area contributed by atoms with Gasteiger partial charge in [0.15, 0.2) is 0 Å². The molecule has 0 radical (unpaired) electrons. The van der Waals surface area contributed by atoms with Crippen LogP contribution in [0.1, 0.15) is 12.8 Å². The molecule has 0 aliphatic heterocycles. The van der Waals surface area contributed by atoms with Crippen molar-refractivity contribution in [2.45, 2.75) is 32.5 Å². The second-order valence-corrected chi connectivity index (χ2v) is 8.13. The minimum atomic E-state index is -1.10. The molecule has 0 atom stereocenters. The third-order valence-electron chi connectivity index (χ3n) is 0.937. The molecule has 0 bridgehead atoms. The molecule has 0 unspecified atom stereocenters. The van der Waals surface area contributed by atoms with Crippen LogP contribution in [0.4, 0.5) is 0 Å². The van der Waals surface area contributed by atoms with Crippen molar-refractivity contribution < 1.29 is 0 Å². The molecule has 1 heteroatoms. The van der Waals surface area contributed by atoms with Crippen LogP contribution in [0.15, 0.2) is 12.7 Å². The first-order chi connectivity index (χ1) is 4.56. The Hall–Kier alpha value is -0.483. The molecular weight excluding hydrogens is 136 g/mol. The molecule has 0 saturated heterocycles. The van der Waals surface area contributed by atoms with Crippen LogP contribution >= 0.6 is 0 Å². The van der Waals surface area contributed by atoms with Crippen LogP contribution in [0.5, 0.6) is 0 Å². The summed E-state index contributed by atoms with van der Waals surface area (Å²) in [6, 6.07) is 0. The average Bonchev–Trinajstić information content (AvgIpc) is 1.78. The predicted octanol–water partition coefficient (Wildman–Crippen LogP) is 2.83. The maximum Gasteiger partial charge on any atom is 0.129 e. The summed E-state index contributed by atoms with van der Waals surface area (Å²) in [4.78, 5) is 0. The van der Waals surface area contributed by atoms with Crippen molar-refractivity contribution in [1.82, 2.24) is 0 Å². The van der Waals surface area contributed by atoms with Crippen molar-refractivity contribution in [1.29, 1.82) is 0 Å². The summed E-state index contributed by atoms with van der Waals surface area (Å²) in [6.45, 7) is 10.4. The van der Waals surface area contributed by atoms with Crippen LogP contribution < -0.4 is 0 Å². The average molecular weight is 152 g/mol. The van der Waals surface area contributed by atoms with Crippen molar-refractivity contribution in [2.75, 3.05) is 0 Å². The van der Waals surface area contributed by atoms with Gasteiger partial charge >= 0.3 is 0 Å². The van der Waals surface area contributed by atoms with Crippen LogP contribution in [-0.2, 0) is 0 Å². The van der Waals surface area contributed by atoms with E-state index < -0.39 is 8.07 Å². The van der Waals surface area contributed by atoms with Gasteiger partial charge in [-0.2, -0.15) is 0 Å². The Balaban J connectivity index is 3.59. The highest BCUT2D eigenvalue weighted by Crippen LogP contribution is 1.97. The molecule has 0 aliphatic rings. The first kappa shape index (κ1) is 9.52. The van der Waals surface area contributed by atoms with Gasteiger partial charge in [0.25, 0.3) is 0 Å². The minimum absolute atomic E-state index is 0.980. The molecule has 0 aromatic carbocycles. The van der Waals surface area contributed by atoms with Gasteiger partial charge in [0, 0.05) is 6.42 Å². The zero-order chi connectivity index (χ0) is 8.04. The molecule has 0 N–H and O–H groups in total. The van der Waals surface area contributed by atoms with Crippen LogP contribution in [-0.4, -0.2) is 8.07 Å². The van der Waals surface area contributed by atoms with Crippen molar-refractivity contribution in [2.24, 2.45) is 0 Å². The number of allylic oxidation sites excluding steroid dienone is 1. The molecule has 0 spiro atoms. The van der Waals surface area contributed by atoms with Gasteiger partial charge in [-0.15, -0.1) is 18.0 Å². The van der Waals surface area contributed by atoms with Gasteiger partial charge in [0.1, 0.15) is 8.07 Å². The van der Waals surface area contributed by atoms with E-state index in [2.05, 4.69) is 37.7 Å². The van der Waals surface area contributed by atoms with Crippen LogP contribution in [0, 0.1) is 11.5 Å². The van der Waals surface area contributed by atoms with E-state index in [0.717, 1.165) is 12.8 Å². The highest BCUT2D eigenvalue weighted by atomic mass is 28.3. The number of hydrogen-bond donors (Lipinski definition) is 0. The normalized spacial score (nSPS) is 9.90. The molecule has 10 heavy (non-hydrogen) atoms. The first-order valence-electron chi connectivity index (χ1n) is 3.67. The third-order valence-corrected chi connectivity index (χ3v) is 1.86. The van der Waals surface area contributed by atoms with Crippen molar-refractivity contribution in [3.05, 3.63) is 12.7 Å². The maximum absolute atomic E-state index is 3.64. The van der Waals surface area contributed by atoms with E-state index >= 15 is 0 Å². The van der Waals surface area contributed by atoms with Crippen LogP contribution in [0.3, 0.4) is 0 Å². The van der Waals surface area contributed by atoms with E-state index in [1.54, 1.807) is 0 Å². The lowest BCUT2D eigenvalue weighted by Crippen LogP contribution is -2.16. The van der Waals surface area contributed by atoms with E-state index in [0.29, 0.717) is 0 Å². The van der Waals surface area contributed by atoms with Crippen molar-refractivity contribution in [3.63, 3.8) is 0 Å². The van der Waals surface area contributed by atoms with Gasteiger partial charge in [-0.25, -0.2) is 0 Å². The van der Waals surface area contributed by atoms with E-state index in [1.165, 1.54) is 0 Å². The Morgan fingerprint density at radius 1 is 1.40 bits per heavy atom. The molecule has 0 nitrogen and oxygen atoms in total. The summed E-state index contributed by atoms with van der Waals surface area (Å²) < 4.78 is 0. The molecule has 56 valence electrons. The summed E-state index contributed by atoms with van der Waals surface area (Å²) in [7, 11) is -1.10. The molecule has 0 saturated carbocycles. The lowest BCUT2D eigenvalue weighted by molar-refractivity contribution is 1.09. The second kappa shape index (κ2) is 4.35. The molecule has 0 aromatic rings. The largest absolute Gasteiger partial charge is 0.132 e. The highest BCUT2D eigenvalue weighted by molar-refractivity contribution is 6.83. The van der Waals surface area contributed by atoms with Gasteiger partial charge in [0.05, 0.1) is 0 Å². The Morgan fingerprint density at radius 3 is 2.40 bits per heavy atom. The standard InChI is InChI=1S/C9H16Si/c1-5-6-7-8-9-10(2,3)4/h5H,1,6-7H2,2-4H3. The molecule has 0 aliphatic carbocycles. The van der Waals surface area contributed by atoms with Gasteiger partial charge < -0.3 is 0 Å². The van der Waals surface area contributed by atoms with Gasteiger partial charge in [0.2, 0.25) is 0 Å². The summed E-state index contributed by atoms with van der Waals surface area (Å²) >= 11 is 0. The smallest absolute Gasteiger partial charge is 0.129 e. The summed E-state index contributed by atoms with van der Waals surface area (Å²) in [5.41, 5.74) is 3.30. The van der Waals surface area contributed by atoms with Crippen molar-refractivity contribution >= 4 is 8.07 Å². The molecule has 0 heterocycles. The number of unbranched alkanes of at least 4 members (excludes halogenated alkanes) is 1. The van der Waals surface area contributed by atoms with E-state index in [-0.39, 0.29) is 0 Å². The Labute approximate surface area is 65.3 Å². The molecule has 0 rings (SSSR count). The van der Waals surface area contributed by atoms with E-state index in [4.69, 9.17) is 0 Å². The zero-order valence-electron chi connectivity index (χ0n) is 7.20. The van der Waals surface area contributed by atoms with Gasteiger partial charge in [-0.3, -0.25) is 0 Å². The molecule has 0 amide bonds. The Morgan fingerprint density at radius 2 is 2.00 bits per heavy atom. The Kier molecular flexibility index (Phi) is 4.14. The van der Waals surface area contributed by atoms with Gasteiger partial charge in [-0.05, 0) is 6.42 Å². The van der Waals surface area contributed by atoms with E-state index in [9.17, 15) is 0 Å². The predicted molar refractivity (Wildman–Crippen MR) is 50.6 cm³/mol. The Bertz CT molecular complexity index is 152. The van der Waals surface area contributed by atoms with Crippen LogP contribution in [0.2, 0.25) is 19.6 Å². The quantitative estimate of drug-likeness (QED) is 0.247. The fourth-order valence-electron chi connectivity index (χ4n) is 0.502. The van der Waals surface area contributed by atoms with Crippen molar-refractivity contribution in [3.8, 4) is 11.5 Å². The lowest BCUT2D eigenvalue weighted by atomic mass is 10.3. The van der Waals surface area contributed by atoms with E-state index in [1.807, 2.05) is 6.08 Å². The third kappa shape index (κ3) is 7.52. The molecule has 0 aromatic heterocycles. The summed E-state index contributed by atoms with van der Waals surface area (Å²) in [5.74, 6) is 3.17. The maximum atomic E-state index is 3.64. The lowest BCUT2D eigenvalue weighted by Gasteiger charge is -2.02. The summed E-state index contributed by atoms with van der Waals surface area (Å²) in [6.07, 6.45) is 3.92. The fourth-order valence-corrected chi connectivity index (χ4v) is 1.16. The zero-order valence-corrected chi connectivity index (χ0v) is 8.20. The molecule has 0 fully saturated rings. The highest BCUT2D eigenvalue weighted by Gasteiger charge is 2.06. The fraction of sp³-hybridized carbons (Fsp3) is 0.556. The number of hydrogen-bond acceptors (Lipinski definition) is 0. The first-order valence-corrected chi connectivity index (χ1v) is 7.17. The van der Waals surface area contributed by atoms with Gasteiger partial charge in [-0.1, -0.05) is 25.7 Å². The summed E-state index contributed by atoms with van der Waals surface area (Å²) in [5, 5.41) is 0. The second-order valence-electron chi connectivity index (χ2n) is 3.38. The minimum Gasteiger partial charge on any atom is -0.132 e. The monoisotopic (exact) mass is 152 g/mol. The topological polar surface area (TPSA) is 0 Å².